The van der Waals surface area contributed by atoms with Crippen LogP contribution in [0, 0.1) is 6.92 Å². The van der Waals surface area contributed by atoms with E-state index in [-0.39, 0.29) is 0 Å². The molecule has 27 heavy (non-hydrogen) atoms. The molecule has 4 rings (SSSR count). The van der Waals surface area contributed by atoms with Gasteiger partial charge >= 0.3 is 5.97 Å². The highest BCUT2D eigenvalue weighted by Crippen LogP contribution is 2.20. The van der Waals surface area contributed by atoms with E-state index in [1.165, 1.54) is 7.11 Å². The fraction of sp³-hybridized carbons (Fsp3) is 0.190. The molecule has 0 amide bonds. The van der Waals surface area contributed by atoms with Gasteiger partial charge in [-0.3, -0.25) is 0 Å². The van der Waals surface area contributed by atoms with Crippen molar-refractivity contribution in [1.29, 1.82) is 0 Å². The molecular formula is C21H19N3O3. The molecule has 0 saturated carbocycles. The van der Waals surface area contributed by atoms with E-state index in [4.69, 9.17) is 9.15 Å². The Morgan fingerprint density at radius 3 is 2.74 bits per heavy atom. The topological polar surface area (TPSA) is 80.5 Å². The van der Waals surface area contributed by atoms with Gasteiger partial charge in [-0.05, 0) is 23.8 Å². The molecule has 4 aromatic rings. The summed E-state index contributed by atoms with van der Waals surface area (Å²) in [6.45, 7) is 1.76. The summed E-state index contributed by atoms with van der Waals surface area (Å²) < 4.78 is 10.7. The number of hydrogen-bond acceptors (Lipinski definition) is 5. The molecule has 0 bridgehead atoms. The lowest BCUT2D eigenvalue weighted by Crippen LogP contribution is -2.26. The molecule has 1 N–H and O–H groups in total. The fourth-order valence-electron chi connectivity index (χ4n) is 3.20. The first-order chi connectivity index (χ1) is 13.2. The summed E-state index contributed by atoms with van der Waals surface area (Å²) in [5, 5.41) is 1.82. The summed E-state index contributed by atoms with van der Waals surface area (Å²) in [5.74, 6) is 0.0807. The van der Waals surface area contributed by atoms with Crippen LogP contribution in [-0.4, -0.2) is 29.1 Å². The van der Waals surface area contributed by atoms with Crippen LogP contribution in [0.15, 0.2) is 64.1 Å². The van der Waals surface area contributed by atoms with Gasteiger partial charge in [0.25, 0.3) is 0 Å². The van der Waals surface area contributed by atoms with Crippen molar-refractivity contribution in [3.63, 3.8) is 0 Å². The zero-order valence-corrected chi connectivity index (χ0v) is 15.1. The number of aromatic nitrogens is 2. The number of hydrogen-bond donors (Lipinski definition) is 1. The van der Waals surface area contributed by atoms with E-state index in [1.807, 2.05) is 54.7 Å². The highest BCUT2D eigenvalue weighted by molar-refractivity contribution is 5.84. The number of H-pyrrole nitrogens is 1. The van der Waals surface area contributed by atoms with Gasteiger partial charge in [0.05, 0.1) is 18.0 Å². The number of nitrogens with zero attached hydrogens (tertiary/aromatic N) is 2. The number of carbonyl (C=O) groups excluding carboxylic acids is 1. The molecule has 0 aliphatic heterocycles. The third-order valence-electron chi connectivity index (χ3n) is 4.49. The summed E-state index contributed by atoms with van der Waals surface area (Å²) in [7, 11) is 1.37. The van der Waals surface area contributed by atoms with Crippen LogP contribution >= 0.6 is 0 Å². The van der Waals surface area contributed by atoms with Gasteiger partial charge in [0, 0.05) is 30.4 Å². The van der Waals surface area contributed by atoms with Crippen LogP contribution in [-0.2, 0) is 16.0 Å². The van der Waals surface area contributed by atoms with E-state index in [1.54, 1.807) is 6.92 Å². The van der Waals surface area contributed by atoms with Gasteiger partial charge in [0.2, 0.25) is 5.55 Å². The average molecular weight is 361 g/mol. The van der Waals surface area contributed by atoms with Crippen molar-refractivity contribution in [2.45, 2.75) is 19.4 Å². The Morgan fingerprint density at radius 2 is 1.93 bits per heavy atom. The number of aromatic amines is 1. The predicted molar refractivity (Wildman–Crippen MR) is 102 cm³/mol. The van der Waals surface area contributed by atoms with Crippen LogP contribution in [0.1, 0.15) is 11.5 Å². The highest BCUT2D eigenvalue weighted by atomic mass is 16.5. The maximum absolute atomic E-state index is 12.4. The number of para-hydroxylation sites is 2. The lowest BCUT2D eigenvalue weighted by Gasteiger charge is -2.10. The quantitative estimate of drug-likeness (QED) is 0.566. The molecule has 1 atom stereocenters. The molecule has 136 valence electrons. The number of nitrogens with one attached hydrogen (secondary N) is 1. The molecule has 0 unspecified atom stereocenters. The van der Waals surface area contributed by atoms with Crippen LogP contribution in [0.4, 0.5) is 0 Å². The summed E-state index contributed by atoms with van der Waals surface area (Å²) in [6, 6.07) is 14.8. The van der Waals surface area contributed by atoms with Gasteiger partial charge in [-0.25, -0.2) is 14.8 Å². The summed E-state index contributed by atoms with van der Waals surface area (Å²) >= 11 is 0. The van der Waals surface area contributed by atoms with E-state index in [9.17, 15) is 4.79 Å². The van der Waals surface area contributed by atoms with Crippen molar-refractivity contribution in [1.82, 2.24) is 9.97 Å². The lowest BCUT2D eigenvalue weighted by molar-refractivity contribution is -0.142. The largest absolute Gasteiger partial charge is 0.467 e. The Labute approximate surface area is 155 Å². The zero-order chi connectivity index (χ0) is 18.8. The van der Waals surface area contributed by atoms with Crippen molar-refractivity contribution >= 4 is 27.8 Å². The zero-order valence-electron chi connectivity index (χ0n) is 15.1. The molecule has 0 radical (unpaired) electrons. The number of rotatable bonds is 4. The van der Waals surface area contributed by atoms with Gasteiger partial charge < -0.3 is 14.1 Å². The second-order valence-corrected chi connectivity index (χ2v) is 6.29. The summed E-state index contributed by atoms with van der Waals surface area (Å²) in [4.78, 5) is 24.6. The third kappa shape index (κ3) is 3.33. The summed E-state index contributed by atoms with van der Waals surface area (Å²) in [5.41, 5.74) is 3.18. The molecular weight excluding hydrogens is 342 g/mol. The van der Waals surface area contributed by atoms with Gasteiger partial charge in [-0.1, -0.05) is 30.3 Å². The number of esters is 1. The number of methoxy groups -OCH3 is 1. The van der Waals surface area contributed by atoms with Crippen molar-refractivity contribution < 1.29 is 13.9 Å². The second kappa shape index (κ2) is 7.07. The standard InChI is InChI=1S/C21H19N3O3/c1-13-23-18-10-6-4-8-16(18)20(27-13)24-19(21(25)26-2)11-14-12-22-17-9-5-3-7-15(14)17/h3-10,12,19,22H,11H2,1-2H3/t19-/m0/s1. The Bertz CT molecular complexity index is 1190. The maximum atomic E-state index is 12.4. The monoisotopic (exact) mass is 361 g/mol. The van der Waals surface area contributed by atoms with E-state index in [2.05, 4.69) is 15.0 Å². The van der Waals surface area contributed by atoms with Crippen LogP contribution in [0.5, 0.6) is 0 Å². The van der Waals surface area contributed by atoms with Crippen molar-refractivity contribution in [3.05, 3.63) is 71.7 Å². The molecule has 2 heterocycles. The fourth-order valence-corrected chi connectivity index (χ4v) is 3.20. The van der Waals surface area contributed by atoms with Crippen molar-refractivity contribution in [2.24, 2.45) is 4.99 Å². The lowest BCUT2D eigenvalue weighted by atomic mass is 10.1. The summed E-state index contributed by atoms with van der Waals surface area (Å²) in [6.07, 6.45) is 2.31. The number of benzene rings is 2. The van der Waals surface area contributed by atoms with Crippen LogP contribution < -0.4 is 5.55 Å². The molecule has 0 aliphatic rings. The molecule has 2 aromatic carbocycles. The van der Waals surface area contributed by atoms with Gasteiger partial charge in [0.1, 0.15) is 0 Å². The van der Waals surface area contributed by atoms with Crippen molar-refractivity contribution in [3.8, 4) is 0 Å². The third-order valence-corrected chi connectivity index (χ3v) is 4.49. The smallest absolute Gasteiger partial charge is 0.331 e. The van der Waals surface area contributed by atoms with Crippen LogP contribution in [0.25, 0.3) is 21.8 Å². The number of ether oxygens (including phenoxy) is 1. The highest BCUT2D eigenvalue weighted by Gasteiger charge is 2.21. The van der Waals surface area contributed by atoms with Crippen LogP contribution in [0.2, 0.25) is 0 Å². The molecule has 0 saturated heterocycles. The van der Waals surface area contributed by atoms with E-state index < -0.39 is 12.0 Å². The minimum Gasteiger partial charge on any atom is -0.467 e. The van der Waals surface area contributed by atoms with Gasteiger partial charge in [-0.2, -0.15) is 0 Å². The van der Waals surface area contributed by atoms with Gasteiger partial charge in [-0.15, -0.1) is 0 Å². The molecule has 0 spiro atoms. The van der Waals surface area contributed by atoms with Crippen molar-refractivity contribution in [2.75, 3.05) is 7.11 Å². The minimum atomic E-state index is -0.719. The van der Waals surface area contributed by atoms with E-state index in [0.717, 1.165) is 27.4 Å². The molecule has 0 aliphatic carbocycles. The first kappa shape index (κ1) is 17.0. The van der Waals surface area contributed by atoms with E-state index >= 15 is 0 Å². The van der Waals surface area contributed by atoms with E-state index in [0.29, 0.717) is 17.9 Å². The van der Waals surface area contributed by atoms with Crippen LogP contribution in [0.3, 0.4) is 0 Å². The maximum Gasteiger partial charge on any atom is 0.331 e. The molecule has 6 heteroatoms. The Balaban J connectivity index is 1.82. The Kier molecular flexibility index (Phi) is 4.46. The number of carbonyl (C=O) groups is 1. The molecule has 0 fully saturated rings. The predicted octanol–water partition coefficient (Wildman–Crippen LogP) is 3.30. The minimum absolute atomic E-state index is 0.383. The number of aryl methyl sites for hydroxylation is 1. The second-order valence-electron chi connectivity index (χ2n) is 6.29. The average Bonchev–Trinajstić information content (AvgIpc) is 3.09. The normalized spacial score (nSPS) is 13.2. The first-order valence-electron chi connectivity index (χ1n) is 8.69. The number of fused-ring (bicyclic) bond motifs is 2. The van der Waals surface area contributed by atoms with Gasteiger partial charge in [0.15, 0.2) is 11.9 Å². The molecule has 2 aromatic heterocycles. The SMILES string of the molecule is COC(=O)[C@H](Cc1c[nH]c2ccccc12)N=c1oc(C)nc2ccccc12. The molecule has 6 nitrogen and oxygen atoms in total. The Morgan fingerprint density at radius 1 is 1.19 bits per heavy atom. The Hall–Kier alpha value is -3.41. The first-order valence-corrected chi connectivity index (χ1v) is 8.69.